The average Bonchev–Trinajstić information content (AvgIpc) is 2.81. The van der Waals surface area contributed by atoms with E-state index in [4.69, 9.17) is 17.3 Å². The lowest BCUT2D eigenvalue weighted by molar-refractivity contribution is -0.00932. The van der Waals surface area contributed by atoms with Gasteiger partial charge in [-0.15, -0.1) is 0 Å². The normalized spacial score (nSPS) is 16.8. The standard InChI is InChI=1S/C27H31BFN3O3/c1-18(22-15-20(28)16-23-24(22)31-12-11-30-23)34-17-27(19-5-7-21(29)8-6-19)9-13-32(14-10-27)25(33)35-26(2,3)4/h5-8,11-12,15-16,18H,9-10,13-14,17H2,1-4H3. The zero-order valence-electron chi connectivity index (χ0n) is 20.8. The van der Waals surface area contributed by atoms with E-state index in [0.717, 1.165) is 22.2 Å². The summed E-state index contributed by atoms with van der Waals surface area (Å²) in [7, 11) is 6.11. The lowest BCUT2D eigenvalue weighted by atomic mass is 9.73. The molecule has 182 valence electrons. The SMILES string of the molecule is [B]c1cc(C(C)OCC2(c3ccc(F)cc3)CCN(C(=O)OC(C)(C)C)CC2)c2nccnc2c1. The van der Waals surface area contributed by atoms with Crippen LogP contribution in [0.2, 0.25) is 0 Å². The first-order valence-electron chi connectivity index (χ1n) is 11.9. The smallest absolute Gasteiger partial charge is 0.410 e. The van der Waals surface area contributed by atoms with E-state index in [0.29, 0.717) is 38.0 Å². The maximum Gasteiger partial charge on any atom is 0.410 e. The van der Waals surface area contributed by atoms with Gasteiger partial charge < -0.3 is 14.4 Å². The Hall–Kier alpha value is -3.00. The Bertz CT molecular complexity index is 1190. The summed E-state index contributed by atoms with van der Waals surface area (Å²) in [6.07, 6.45) is 4.02. The molecule has 1 aromatic heterocycles. The van der Waals surface area contributed by atoms with E-state index in [9.17, 15) is 9.18 Å². The Morgan fingerprint density at radius 3 is 2.46 bits per heavy atom. The summed E-state index contributed by atoms with van der Waals surface area (Å²) in [5.41, 5.74) is 3.01. The topological polar surface area (TPSA) is 64.5 Å². The summed E-state index contributed by atoms with van der Waals surface area (Å²) >= 11 is 0. The second-order valence-electron chi connectivity index (χ2n) is 10.2. The van der Waals surface area contributed by atoms with Crippen LogP contribution in [0, 0.1) is 5.82 Å². The van der Waals surface area contributed by atoms with Crippen LogP contribution in [-0.4, -0.2) is 54.1 Å². The highest BCUT2D eigenvalue weighted by Gasteiger charge is 2.39. The first kappa shape index (κ1) is 25.1. The third kappa shape index (κ3) is 5.81. The maximum atomic E-state index is 13.7. The Morgan fingerprint density at radius 1 is 1.14 bits per heavy atom. The first-order chi connectivity index (χ1) is 16.6. The predicted octanol–water partition coefficient (Wildman–Crippen LogP) is 4.61. The molecule has 0 bridgehead atoms. The predicted molar refractivity (Wildman–Crippen MR) is 134 cm³/mol. The number of carbonyl (C=O) groups excluding carboxylic acids is 1. The van der Waals surface area contributed by atoms with Crippen molar-refractivity contribution in [3.05, 3.63) is 65.7 Å². The molecular formula is C27H31BFN3O3. The number of nitrogens with zero attached hydrogens (tertiary/aromatic N) is 3. The van der Waals surface area contributed by atoms with Crippen LogP contribution in [0.5, 0.6) is 0 Å². The zero-order chi connectivity index (χ0) is 25.2. The molecule has 1 amide bonds. The fourth-order valence-corrected chi connectivity index (χ4v) is 4.57. The molecule has 6 nitrogen and oxygen atoms in total. The molecule has 3 aromatic rings. The van der Waals surface area contributed by atoms with Gasteiger partial charge in [0.15, 0.2) is 0 Å². The van der Waals surface area contributed by atoms with E-state index < -0.39 is 5.60 Å². The van der Waals surface area contributed by atoms with Gasteiger partial charge in [-0.1, -0.05) is 23.7 Å². The second-order valence-corrected chi connectivity index (χ2v) is 10.2. The number of benzene rings is 2. The highest BCUT2D eigenvalue weighted by Crippen LogP contribution is 2.38. The number of amides is 1. The summed E-state index contributed by atoms with van der Waals surface area (Å²) < 4.78 is 25.7. The lowest BCUT2D eigenvalue weighted by Gasteiger charge is -2.42. The fraction of sp³-hybridized carbons (Fsp3) is 0.444. The number of halogens is 1. The fourth-order valence-electron chi connectivity index (χ4n) is 4.57. The number of carbonyl (C=O) groups is 1. The van der Waals surface area contributed by atoms with E-state index in [1.807, 2.05) is 45.9 Å². The molecule has 2 radical (unpaired) electrons. The van der Waals surface area contributed by atoms with Crippen LogP contribution >= 0.6 is 0 Å². The highest BCUT2D eigenvalue weighted by molar-refractivity contribution is 6.33. The minimum absolute atomic E-state index is 0.283. The molecular weight excluding hydrogens is 444 g/mol. The zero-order valence-corrected chi connectivity index (χ0v) is 20.8. The molecule has 0 saturated carbocycles. The summed E-state index contributed by atoms with van der Waals surface area (Å²) in [5, 5.41) is 0. The Labute approximate surface area is 207 Å². The van der Waals surface area contributed by atoms with Crippen LogP contribution in [0.25, 0.3) is 11.0 Å². The number of fused-ring (bicyclic) bond motifs is 1. The minimum atomic E-state index is -0.551. The molecule has 0 spiro atoms. The lowest BCUT2D eigenvalue weighted by Crippen LogP contribution is -2.48. The van der Waals surface area contributed by atoms with E-state index in [2.05, 4.69) is 9.97 Å². The molecule has 1 saturated heterocycles. The minimum Gasteiger partial charge on any atom is -0.444 e. The van der Waals surface area contributed by atoms with Crippen LogP contribution in [0.1, 0.15) is 57.8 Å². The maximum absolute atomic E-state index is 13.7. The second kappa shape index (κ2) is 9.94. The van der Waals surface area contributed by atoms with Crippen molar-refractivity contribution in [1.82, 2.24) is 14.9 Å². The van der Waals surface area contributed by atoms with Gasteiger partial charge in [-0.2, -0.15) is 0 Å². The molecule has 1 unspecified atom stereocenters. The molecule has 0 aliphatic carbocycles. The van der Waals surface area contributed by atoms with Crippen molar-refractivity contribution < 1.29 is 18.7 Å². The molecule has 1 atom stereocenters. The molecule has 4 rings (SSSR count). The van der Waals surface area contributed by atoms with Gasteiger partial charge in [0.2, 0.25) is 0 Å². The van der Waals surface area contributed by atoms with Crippen molar-refractivity contribution in [2.45, 2.75) is 57.7 Å². The van der Waals surface area contributed by atoms with Gasteiger partial charge in [0.25, 0.3) is 0 Å². The van der Waals surface area contributed by atoms with Crippen molar-refractivity contribution in [1.29, 1.82) is 0 Å². The van der Waals surface area contributed by atoms with Gasteiger partial charge in [-0.25, -0.2) is 9.18 Å². The van der Waals surface area contributed by atoms with Gasteiger partial charge in [-0.3, -0.25) is 9.97 Å². The number of ether oxygens (including phenoxy) is 2. The molecule has 0 N–H and O–H groups in total. The average molecular weight is 475 g/mol. The van der Waals surface area contributed by atoms with E-state index in [-0.39, 0.29) is 23.4 Å². The Balaban J connectivity index is 1.55. The molecule has 2 aromatic carbocycles. The third-order valence-corrected chi connectivity index (χ3v) is 6.50. The molecule has 1 aliphatic heterocycles. The summed E-state index contributed by atoms with van der Waals surface area (Å²) in [4.78, 5) is 23.2. The number of rotatable bonds is 5. The molecule has 8 heteroatoms. The first-order valence-corrected chi connectivity index (χ1v) is 11.9. The van der Waals surface area contributed by atoms with Gasteiger partial charge in [0.05, 0.1) is 23.7 Å². The van der Waals surface area contributed by atoms with Crippen molar-refractivity contribution >= 4 is 30.4 Å². The number of likely N-dealkylation sites (tertiary alicyclic amines) is 1. The van der Waals surface area contributed by atoms with E-state index >= 15 is 0 Å². The van der Waals surface area contributed by atoms with Crippen molar-refractivity contribution in [2.24, 2.45) is 0 Å². The van der Waals surface area contributed by atoms with Crippen molar-refractivity contribution in [2.75, 3.05) is 19.7 Å². The van der Waals surface area contributed by atoms with Crippen molar-refractivity contribution in [3.63, 3.8) is 0 Å². The van der Waals surface area contributed by atoms with Gasteiger partial charge in [-0.05, 0) is 64.3 Å². The van der Waals surface area contributed by atoms with Crippen LogP contribution in [0.15, 0.2) is 48.8 Å². The van der Waals surface area contributed by atoms with Gasteiger partial charge >= 0.3 is 6.09 Å². The van der Waals surface area contributed by atoms with Crippen LogP contribution in [0.3, 0.4) is 0 Å². The quantitative estimate of drug-likeness (QED) is 0.505. The molecule has 1 fully saturated rings. The summed E-state index contributed by atoms with van der Waals surface area (Å²) in [5.74, 6) is -0.283. The van der Waals surface area contributed by atoms with Crippen LogP contribution in [0.4, 0.5) is 9.18 Å². The van der Waals surface area contributed by atoms with Crippen LogP contribution < -0.4 is 5.46 Å². The Kier molecular flexibility index (Phi) is 7.13. The number of piperidine rings is 1. The summed E-state index contributed by atoms with van der Waals surface area (Å²) in [6.45, 7) is 8.99. The van der Waals surface area contributed by atoms with Crippen LogP contribution in [-0.2, 0) is 14.9 Å². The Morgan fingerprint density at radius 2 is 1.80 bits per heavy atom. The molecule has 35 heavy (non-hydrogen) atoms. The summed E-state index contributed by atoms with van der Waals surface area (Å²) in [6, 6.07) is 10.2. The monoisotopic (exact) mass is 475 g/mol. The van der Waals surface area contributed by atoms with E-state index in [1.54, 1.807) is 23.4 Å². The molecule has 2 heterocycles. The number of hydrogen-bond acceptors (Lipinski definition) is 5. The number of hydrogen-bond donors (Lipinski definition) is 0. The third-order valence-electron chi connectivity index (χ3n) is 6.50. The largest absolute Gasteiger partial charge is 0.444 e. The van der Waals surface area contributed by atoms with Crippen molar-refractivity contribution in [3.8, 4) is 0 Å². The molecule has 1 aliphatic rings. The highest BCUT2D eigenvalue weighted by atomic mass is 19.1. The van der Waals surface area contributed by atoms with Gasteiger partial charge in [0.1, 0.15) is 19.3 Å². The van der Waals surface area contributed by atoms with E-state index in [1.165, 1.54) is 12.1 Å². The van der Waals surface area contributed by atoms with Gasteiger partial charge in [0, 0.05) is 36.5 Å². The number of aromatic nitrogens is 2.